The lowest BCUT2D eigenvalue weighted by Gasteiger charge is -2.07. The molecular formula is C21H15FN4O4. The van der Waals surface area contributed by atoms with E-state index in [9.17, 15) is 24.1 Å². The van der Waals surface area contributed by atoms with E-state index in [1.54, 1.807) is 12.1 Å². The lowest BCUT2D eigenvalue weighted by atomic mass is 10.1. The van der Waals surface area contributed by atoms with Crippen molar-refractivity contribution in [3.8, 4) is 0 Å². The van der Waals surface area contributed by atoms with Crippen molar-refractivity contribution in [3.63, 3.8) is 0 Å². The van der Waals surface area contributed by atoms with Crippen LogP contribution in [0, 0.1) is 15.9 Å². The van der Waals surface area contributed by atoms with Crippen LogP contribution in [0.2, 0.25) is 0 Å². The molecule has 3 aromatic rings. The number of nitrogens with zero attached hydrogens (tertiary/aromatic N) is 2. The summed E-state index contributed by atoms with van der Waals surface area (Å²) >= 11 is 0. The molecule has 0 unspecified atom stereocenters. The zero-order chi connectivity index (χ0) is 21.5. The number of anilines is 1. The van der Waals surface area contributed by atoms with Crippen LogP contribution in [0.5, 0.6) is 0 Å². The Labute approximate surface area is 170 Å². The summed E-state index contributed by atoms with van der Waals surface area (Å²) in [5.74, 6) is -1.44. The molecule has 0 fully saturated rings. The van der Waals surface area contributed by atoms with E-state index in [0.717, 1.165) is 6.07 Å². The molecule has 3 rings (SSSR count). The minimum Gasteiger partial charge on any atom is -0.322 e. The van der Waals surface area contributed by atoms with Gasteiger partial charge in [-0.3, -0.25) is 19.7 Å². The van der Waals surface area contributed by atoms with Gasteiger partial charge in [-0.2, -0.15) is 5.10 Å². The third kappa shape index (κ3) is 5.32. The molecule has 0 aliphatic heterocycles. The fourth-order valence-electron chi connectivity index (χ4n) is 2.48. The Morgan fingerprint density at radius 1 is 0.933 bits per heavy atom. The van der Waals surface area contributed by atoms with Crippen molar-refractivity contribution in [1.29, 1.82) is 0 Å². The van der Waals surface area contributed by atoms with Gasteiger partial charge in [-0.1, -0.05) is 24.3 Å². The molecule has 0 heterocycles. The summed E-state index contributed by atoms with van der Waals surface area (Å²) in [7, 11) is 0. The largest absolute Gasteiger partial charge is 0.322 e. The summed E-state index contributed by atoms with van der Waals surface area (Å²) in [5, 5.41) is 17.3. The first kappa shape index (κ1) is 20.3. The zero-order valence-electron chi connectivity index (χ0n) is 15.4. The predicted octanol–water partition coefficient (Wildman–Crippen LogP) is 3.75. The molecule has 0 spiro atoms. The number of hydrazone groups is 1. The van der Waals surface area contributed by atoms with Gasteiger partial charge >= 0.3 is 0 Å². The van der Waals surface area contributed by atoms with E-state index < -0.39 is 16.7 Å². The Hall–Kier alpha value is -4.40. The minimum atomic E-state index is -0.589. The maximum absolute atomic E-state index is 12.9. The molecule has 3 aromatic carbocycles. The number of hydrogen-bond acceptors (Lipinski definition) is 5. The normalized spacial score (nSPS) is 10.6. The first-order valence-electron chi connectivity index (χ1n) is 8.67. The van der Waals surface area contributed by atoms with Crippen LogP contribution in [-0.4, -0.2) is 23.0 Å². The van der Waals surface area contributed by atoms with Crippen molar-refractivity contribution in [2.75, 3.05) is 5.32 Å². The third-order valence-corrected chi connectivity index (χ3v) is 3.95. The molecule has 2 amide bonds. The van der Waals surface area contributed by atoms with E-state index in [4.69, 9.17) is 0 Å². The standard InChI is InChI=1S/C21H15FN4O4/c22-17-9-7-14(8-10-17)13-23-25-21(28)15-3-1-5-18(11-15)24-20(27)16-4-2-6-19(12-16)26(29)30/h1-13H,(H,24,27)(H,25,28)/b23-13+. The van der Waals surface area contributed by atoms with Crippen molar-refractivity contribution in [2.24, 2.45) is 5.10 Å². The molecule has 0 radical (unpaired) electrons. The Morgan fingerprint density at radius 2 is 1.60 bits per heavy atom. The second kappa shape index (κ2) is 9.20. The summed E-state index contributed by atoms with van der Waals surface area (Å²) in [4.78, 5) is 34.8. The number of non-ortho nitro benzene ring substituents is 1. The van der Waals surface area contributed by atoms with Crippen molar-refractivity contribution in [3.05, 3.63) is 105 Å². The number of hydrogen-bond donors (Lipinski definition) is 2. The summed E-state index contributed by atoms with van der Waals surface area (Å²) in [5.41, 5.74) is 3.44. The van der Waals surface area contributed by atoms with Gasteiger partial charge < -0.3 is 5.32 Å². The van der Waals surface area contributed by atoms with E-state index in [1.807, 2.05) is 0 Å². The number of rotatable bonds is 6. The highest BCUT2D eigenvalue weighted by atomic mass is 19.1. The number of nitrogens with one attached hydrogen (secondary N) is 2. The van der Waals surface area contributed by atoms with Crippen LogP contribution in [0.1, 0.15) is 26.3 Å². The maximum Gasteiger partial charge on any atom is 0.271 e. The van der Waals surface area contributed by atoms with E-state index in [0.29, 0.717) is 11.3 Å². The first-order valence-corrected chi connectivity index (χ1v) is 8.67. The minimum absolute atomic E-state index is 0.114. The van der Waals surface area contributed by atoms with Gasteiger partial charge in [0.25, 0.3) is 17.5 Å². The Bertz CT molecular complexity index is 1130. The van der Waals surface area contributed by atoms with Crippen LogP contribution in [0.15, 0.2) is 77.9 Å². The molecule has 30 heavy (non-hydrogen) atoms. The molecule has 8 nitrogen and oxygen atoms in total. The van der Waals surface area contributed by atoms with Crippen molar-refractivity contribution in [2.45, 2.75) is 0 Å². The van der Waals surface area contributed by atoms with Crippen LogP contribution in [0.25, 0.3) is 0 Å². The average Bonchev–Trinajstić information content (AvgIpc) is 2.75. The van der Waals surface area contributed by atoms with Gasteiger partial charge in [0.1, 0.15) is 5.82 Å². The van der Waals surface area contributed by atoms with E-state index >= 15 is 0 Å². The molecule has 9 heteroatoms. The molecule has 0 aliphatic rings. The second-order valence-corrected chi connectivity index (χ2v) is 6.09. The third-order valence-electron chi connectivity index (χ3n) is 3.95. The lowest BCUT2D eigenvalue weighted by Crippen LogP contribution is -2.18. The number of nitro groups is 1. The smallest absolute Gasteiger partial charge is 0.271 e. The Morgan fingerprint density at radius 3 is 2.30 bits per heavy atom. The zero-order valence-corrected chi connectivity index (χ0v) is 15.4. The predicted molar refractivity (Wildman–Crippen MR) is 109 cm³/mol. The number of benzene rings is 3. The molecule has 150 valence electrons. The highest BCUT2D eigenvalue weighted by molar-refractivity contribution is 6.05. The molecule has 0 aliphatic carbocycles. The Balaban J connectivity index is 1.65. The van der Waals surface area contributed by atoms with Gasteiger partial charge in [0.2, 0.25) is 0 Å². The van der Waals surface area contributed by atoms with Crippen molar-refractivity contribution < 1.29 is 18.9 Å². The van der Waals surface area contributed by atoms with E-state index in [1.165, 1.54) is 60.8 Å². The monoisotopic (exact) mass is 406 g/mol. The van der Waals surface area contributed by atoms with E-state index in [2.05, 4.69) is 15.8 Å². The molecule has 0 aromatic heterocycles. The molecule has 0 saturated carbocycles. The van der Waals surface area contributed by atoms with E-state index in [-0.39, 0.29) is 22.6 Å². The van der Waals surface area contributed by atoms with Crippen LogP contribution >= 0.6 is 0 Å². The molecule has 0 atom stereocenters. The highest BCUT2D eigenvalue weighted by Gasteiger charge is 2.12. The molecular weight excluding hydrogens is 391 g/mol. The van der Waals surface area contributed by atoms with Crippen molar-refractivity contribution >= 4 is 29.4 Å². The summed E-state index contributed by atoms with van der Waals surface area (Å²) in [6, 6.07) is 17.0. The van der Waals surface area contributed by atoms with Crippen LogP contribution in [-0.2, 0) is 0 Å². The van der Waals surface area contributed by atoms with Crippen LogP contribution in [0.3, 0.4) is 0 Å². The van der Waals surface area contributed by atoms with Gasteiger partial charge in [-0.25, -0.2) is 9.82 Å². The van der Waals surface area contributed by atoms with Gasteiger partial charge in [0.05, 0.1) is 11.1 Å². The van der Waals surface area contributed by atoms with Crippen LogP contribution < -0.4 is 10.7 Å². The second-order valence-electron chi connectivity index (χ2n) is 6.09. The van der Waals surface area contributed by atoms with Gasteiger partial charge in [0.15, 0.2) is 0 Å². The van der Waals surface area contributed by atoms with Gasteiger partial charge in [-0.15, -0.1) is 0 Å². The number of halogens is 1. The van der Waals surface area contributed by atoms with Crippen LogP contribution in [0.4, 0.5) is 15.8 Å². The number of amides is 2. The summed E-state index contributed by atoms with van der Waals surface area (Å²) in [6.45, 7) is 0. The number of carbonyl (C=O) groups excluding carboxylic acids is 2. The first-order chi connectivity index (χ1) is 14.4. The highest BCUT2D eigenvalue weighted by Crippen LogP contribution is 2.16. The molecule has 0 saturated heterocycles. The topological polar surface area (TPSA) is 114 Å². The maximum atomic E-state index is 12.9. The summed E-state index contributed by atoms with van der Waals surface area (Å²) < 4.78 is 12.9. The number of nitro benzene ring substituents is 1. The average molecular weight is 406 g/mol. The fourth-order valence-corrected chi connectivity index (χ4v) is 2.48. The van der Waals surface area contributed by atoms with Crippen molar-refractivity contribution in [1.82, 2.24) is 5.43 Å². The Kier molecular flexibility index (Phi) is 6.23. The molecule has 0 bridgehead atoms. The lowest BCUT2D eigenvalue weighted by molar-refractivity contribution is -0.384. The van der Waals surface area contributed by atoms with Gasteiger partial charge in [0, 0.05) is 28.9 Å². The summed E-state index contributed by atoms with van der Waals surface area (Å²) in [6.07, 6.45) is 1.37. The van der Waals surface area contributed by atoms with Gasteiger partial charge in [-0.05, 0) is 42.0 Å². The number of carbonyl (C=O) groups is 2. The SMILES string of the molecule is O=C(N/N=C/c1ccc(F)cc1)c1cccc(NC(=O)c2cccc([N+](=O)[O-])c2)c1. The molecule has 2 N–H and O–H groups in total. The fraction of sp³-hybridized carbons (Fsp3) is 0. The quantitative estimate of drug-likeness (QED) is 0.369.